The number of carbonyl (C=O) groups excluding carboxylic acids is 3. The van der Waals surface area contributed by atoms with Gasteiger partial charge in [0.1, 0.15) is 12.2 Å². The summed E-state index contributed by atoms with van der Waals surface area (Å²) in [7, 11) is 1.51. The maximum absolute atomic E-state index is 13.4. The highest BCUT2D eigenvalue weighted by Gasteiger charge is 2.37. The van der Waals surface area contributed by atoms with Crippen LogP contribution in [-0.2, 0) is 22.6 Å². The van der Waals surface area contributed by atoms with Gasteiger partial charge in [-0.1, -0.05) is 51.8 Å². The fraction of sp³-hybridized carbons (Fsp3) is 0.138. The van der Waals surface area contributed by atoms with Crippen molar-refractivity contribution in [3.8, 4) is 11.5 Å². The SMILES string of the molecule is C=CCc1cc(/C=C2\C(=O)NC(=O)N(c3cc(Cl)ccc3C)C2=O)cc(OC)c1OCc1ccc(Br)cc1. The first-order valence-corrected chi connectivity index (χ1v) is 12.8. The molecule has 0 atom stereocenters. The van der Waals surface area contributed by atoms with E-state index >= 15 is 0 Å². The van der Waals surface area contributed by atoms with Gasteiger partial charge in [-0.3, -0.25) is 14.9 Å². The molecule has 0 unspecified atom stereocenters. The van der Waals surface area contributed by atoms with Crippen molar-refractivity contribution in [3.05, 3.63) is 105 Å². The Bertz CT molecular complexity index is 1470. The molecule has 0 aromatic heterocycles. The van der Waals surface area contributed by atoms with E-state index in [2.05, 4.69) is 27.8 Å². The average molecular weight is 596 g/mol. The zero-order valence-electron chi connectivity index (χ0n) is 20.7. The molecule has 3 aromatic carbocycles. The lowest BCUT2D eigenvalue weighted by atomic mass is 10.0. The number of urea groups is 1. The number of nitrogens with zero attached hydrogens (tertiary/aromatic N) is 1. The summed E-state index contributed by atoms with van der Waals surface area (Å²) in [5.74, 6) is -0.599. The third-order valence-corrected chi connectivity index (χ3v) is 6.62. The molecular weight excluding hydrogens is 572 g/mol. The molecular formula is C29H24BrClN2O5. The molecule has 0 spiro atoms. The van der Waals surface area contributed by atoms with E-state index in [1.807, 2.05) is 24.3 Å². The van der Waals surface area contributed by atoms with Gasteiger partial charge < -0.3 is 9.47 Å². The number of benzene rings is 3. The highest BCUT2D eigenvalue weighted by molar-refractivity contribution is 9.10. The molecule has 0 bridgehead atoms. The van der Waals surface area contributed by atoms with Gasteiger partial charge in [0.15, 0.2) is 11.5 Å². The van der Waals surface area contributed by atoms with Gasteiger partial charge in [0.2, 0.25) is 0 Å². The topological polar surface area (TPSA) is 84.9 Å². The minimum Gasteiger partial charge on any atom is -0.493 e. The van der Waals surface area contributed by atoms with Crippen LogP contribution in [0.4, 0.5) is 10.5 Å². The number of hydrogen-bond donors (Lipinski definition) is 1. The number of carbonyl (C=O) groups is 3. The van der Waals surface area contributed by atoms with Crippen molar-refractivity contribution in [3.63, 3.8) is 0 Å². The van der Waals surface area contributed by atoms with Crippen LogP contribution < -0.4 is 19.7 Å². The van der Waals surface area contributed by atoms with Gasteiger partial charge in [-0.05, 0) is 72.5 Å². The van der Waals surface area contributed by atoms with E-state index in [0.717, 1.165) is 20.5 Å². The number of ether oxygens (including phenoxy) is 2. The molecule has 0 radical (unpaired) electrons. The van der Waals surface area contributed by atoms with E-state index in [9.17, 15) is 14.4 Å². The number of anilines is 1. The smallest absolute Gasteiger partial charge is 0.335 e. The first-order chi connectivity index (χ1) is 18.2. The second-order valence-corrected chi connectivity index (χ2v) is 9.86. The Morgan fingerprint density at radius 1 is 1.08 bits per heavy atom. The quantitative estimate of drug-likeness (QED) is 0.185. The van der Waals surface area contributed by atoms with Crippen molar-refractivity contribution < 1.29 is 23.9 Å². The number of imide groups is 2. The molecule has 0 saturated carbocycles. The third-order valence-electron chi connectivity index (χ3n) is 5.86. The van der Waals surface area contributed by atoms with Gasteiger partial charge in [-0.2, -0.15) is 0 Å². The van der Waals surface area contributed by atoms with Crippen molar-refractivity contribution in [1.29, 1.82) is 0 Å². The van der Waals surface area contributed by atoms with Gasteiger partial charge in [0.05, 0.1) is 12.8 Å². The van der Waals surface area contributed by atoms with Crippen LogP contribution in [0.1, 0.15) is 22.3 Å². The second-order valence-electron chi connectivity index (χ2n) is 8.51. The normalized spacial score (nSPS) is 14.5. The number of amides is 4. The van der Waals surface area contributed by atoms with Gasteiger partial charge in [0.25, 0.3) is 11.8 Å². The molecule has 1 N–H and O–H groups in total. The largest absolute Gasteiger partial charge is 0.493 e. The first-order valence-electron chi connectivity index (χ1n) is 11.6. The van der Waals surface area contributed by atoms with E-state index in [0.29, 0.717) is 46.4 Å². The Kier molecular flexibility index (Phi) is 8.34. The molecule has 4 amide bonds. The Labute approximate surface area is 233 Å². The number of barbiturate groups is 1. The van der Waals surface area contributed by atoms with Crippen LogP contribution in [-0.4, -0.2) is 25.0 Å². The summed E-state index contributed by atoms with van der Waals surface area (Å²) in [4.78, 5) is 39.6. The van der Waals surface area contributed by atoms with Crippen LogP contribution in [0.15, 0.2) is 77.3 Å². The van der Waals surface area contributed by atoms with E-state index in [1.165, 1.54) is 19.3 Å². The lowest BCUT2D eigenvalue weighted by molar-refractivity contribution is -0.122. The zero-order chi connectivity index (χ0) is 27.4. The summed E-state index contributed by atoms with van der Waals surface area (Å²) >= 11 is 9.53. The molecule has 194 valence electrons. The molecule has 1 aliphatic heterocycles. The zero-order valence-corrected chi connectivity index (χ0v) is 23.1. The summed E-state index contributed by atoms with van der Waals surface area (Å²) < 4.78 is 12.7. The predicted molar refractivity (Wildman–Crippen MR) is 151 cm³/mol. The summed E-state index contributed by atoms with van der Waals surface area (Å²) in [6.45, 7) is 5.88. The van der Waals surface area contributed by atoms with Crippen LogP contribution in [0.3, 0.4) is 0 Å². The number of rotatable bonds is 8. The number of methoxy groups -OCH3 is 1. The first kappa shape index (κ1) is 27.2. The molecule has 1 aliphatic rings. The predicted octanol–water partition coefficient (Wildman–Crippen LogP) is 6.39. The summed E-state index contributed by atoms with van der Waals surface area (Å²) in [5.41, 5.74) is 2.97. The molecule has 1 heterocycles. The van der Waals surface area contributed by atoms with Gasteiger partial charge in [0, 0.05) is 15.1 Å². The fourth-order valence-corrected chi connectivity index (χ4v) is 4.42. The standard InChI is InChI=1S/C29H24BrClN2O5/c1-4-5-20-12-19(14-25(37-3)26(20)38-16-18-7-9-21(30)10-8-18)13-23-27(34)32-29(36)33(28(23)35)24-15-22(31)11-6-17(24)2/h4,6-15H,1,5,16H2,2-3H3,(H,32,34,36)/b23-13+. The number of hydrogen-bond acceptors (Lipinski definition) is 5. The third kappa shape index (κ3) is 5.82. The second kappa shape index (κ2) is 11.7. The van der Waals surface area contributed by atoms with Crippen molar-refractivity contribution in [2.75, 3.05) is 12.0 Å². The van der Waals surface area contributed by atoms with Gasteiger partial charge in [-0.25, -0.2) is 9.69 Å². The minimum atomic E-state index is -0.843. The summed E-state index contributed by atoms with van der Waals surface area (Å²) in [6, 6.07) is 15.2. The molecule has 0 aliphatic carbocycles. The van der Waals surface area contributed by atoms with E-state index in [4.69, 9.17) is 21.1 Å². The molecule has 7 nitrogen and oxygen atoms in total. The Hall–Kier alpha value is -3.88. The van der Waals surface area contributed by atoms with Crippen molar-refractivity contribution in [2.45, 2.75) is 20.0 Å². The number of aryl methyl sites for hydroxylation is 1. The van der Waals surface area contributed by atoms with Gasteiger partial charge in [-0.15, -0.1) is 6.58 Å². The van der Waals surface area contributed by atoms with E-state index in [-0.39, 0.29) is 5.57 Å². The molecule has 4 rings (SSSR count). The lowest BCUT2D eigenvalue weighted by Gasteiger charge is -2.27. The number of halogens is 2. The summed E-state index contributed by atoms with van der Waals surface area (Å²) in [6.07, 6.45) is 3.60. The van der Waals surface area contributed by atoms with Crippen LogP contribution >= 0.6 is 27.5 Å². The number of allylic oxidation sites excluding steroid dienone is 1. The van der Waals surface area contributed by atoms with Crippen LogP contribution in [0.2, 0.25) is 5.02 Å². The highest BCUT2D eigenvalue weighted by atomic mass is 79.9. The number of nitrogens with one attached hydrogen (secondary N) is 1. The Morgan fingerprint density at radius 2 is 1.82 bits per heavy atom. The van der Waals surface area contributed by atoms with Crippen LogP contribution in [0, 0.1) is 6.92 Å². The molecule has 38 heavy (non-hydrogen) atoms. The monoisotopic (exact) mass is 594 g/mol. The molecule has 3 aromatic rings. The highest BCUT2D eigenvalue weighted by Crippen LogP contribution is 2.36. The molecule has 9 heteroatoms. The van der Waals surface area contributed by atoms with Gasteiger partial charge >= 0.3 is 6.03 Å². The Balaban J connectivity index is 1.71. The Morgan fingerprint density at radius 3 is 2.50 bits per heavy atom. The van der Waals surface area contributed by atoms with Crippen molar-refractivity contribution in [2.24, 2.45) is 0 Å². The van der Waals surface area contributed by atoms with Crippen LogP contribution in [0.5, 0.6) is 11.5 Å². The average Bonchev–Trinajstić information content (AvgIpc) is 2.88. The summed E-state index contributed by atoms with van der Waals surface area (Å²) in [5, 5.41) is 2.59. The van der Waals surface area contributed by atoms with Crippen LogP contribution in [0.25, 0.3) is 6.08 Å². The van der Waals surface area contributed by atoms with Crippen molar-refractivity contribution in [1.82, 2.24) is 5.32 Å². The maximum atomic E-state index is 13.4. The van der Waals surface area contributed by atoms with Crippen molar-refractivity contribution >= 4 is 57.1 Å². The lowest BCUT2D eigenvalue weighted by Crippen LogP contribution is -2.54. The minimum absolute atomic E-state index is 0.209. The maximum Gasteiger partial charge on any atom is 0.335 e. The molecule has 1 fully saturated rings. The van der Waals surface area contributed by atoms with E-state index < -0.39 is 17.8 Å². The molecule has 1 saturated heterocycles. The fourth-order valence-electron chi connectivity index (χ4n) is 3.99. The van der Waals surface area contributed by atoms with E-state index in [1.54, 1.807) is 37.3 Å².